The summed E-state index contributed by atoms with van der Waals surface area (Å²) in [7, 11) is 0. The van der Waals surface area contributed by atoms with Crippen LogP contribution in [0.5, 0.6) is 11.5 Å². The number of ether oxygens (including phenoxy) is 2. The van der Waals surface area contributed by atoms with Crippen LogP contribution in [0.4, 0.5) is 5.95 Å². The van der Waals surface area contributed by atoms with Crippen molar-refractivity contribution in [3.8, 4) is 11.5 Å². The summed E-state index contributed by atoms with van der Waals surface area (Å²) >= 11 is 0. The minimum absolute atomic E-state index is 0.0265. The third-order valence-corrected chi connectivity index (χ3v) is 5.75. The van der Waals surface area contributed by atoms with Crippen LogP contribution < -0.4 is 14.8 Å². The van der Waals surface area contributed by atoms with E-state index in [9.17, 15) is 4.79 Å². The number of benzene rings is 2. The number of hydrogen-bond acceptors (Lipinski definition) is 5. The fraction of sp³-hybridized carbons (Fsp3) is 0.385. The molecule has 32 heavy (non-hydrogen) atoms. The molecule has 0 saturated carbocycles. The van der Waals surface area contributed by atoms with Gasteiger partial charge < -0.3 is 14.8 Å². The number of rotatable bonds is 8. The Morgan fingerprint density at radius 1 is 1.16 bits per heavy atom. The van der Waals surface area contributed by atoms with Crippen LogP contribution in [-0.4, -0.2) is 28.5 Å². The second-order valence-electron chi connectivity index (χ2n) is 8.59. The minimum atomic E-state index is -0.305. The van der Waals surface area contributed by atoms with E-state index < -0.39 is 0 Å². The van der Waals surface area contributed by atoms with Gasteiger partial charge in [0, 0.05) is 11.3 Å². The lowest BCUT2D eigenvalue weighted by Crippen LogP contribution is -2.27. The molecule has 168 valence electrons. The molecule has 1 atom stereocenters. The Labute approximate surface area is 189 Å². The van der Waals surface area contributed by atoms with Crippen LogP contribution in [0.3, 0.4) is 0 Å². The number of aromatic nitrogens is 2. The predicted octanol–water partition coefficient (Wildman–Crippen LogP) is 5.74. The molecule has 2 heterocycles. The van der Waals surface area contributed by atoms with Crippen LogP contribution in [0, 0.1) is 5.92 Å². The zero-order valence-electron chi connectivity index (χ0n) is 19.4. The number of hydrogen-bond donors (Lipinski definition) is 1. The lowest BCUT2D eigenvalue weighted by atomic mass is 9.92. The lowest BCUT2D eigenvalue weighted by molar-refractivity contribution is -0.114. The van der Waals surface area contributed by atoms with Crippen molar-refractivity contribution in [1.29, 1.82) is 0 Å². The Morgan fingerprint density at radius 3 is 2.66 bits per heavy atom. The van der Waals surface area contributed by atoms with Crippen molar-refractivity contribution in [2.75, 3.05) is 18.5 Å². The number of nitrogens with zero attached hydrogens (tertiary/aromatic N) is 2. The van der Waals surface area contributed by atoms with E-state index in [-0.39, 0.29) is 11.8 Å². The molecule has 6 heteroatoms. The molecule has 1 aliphatic heterocycles. The average molecular weight is 434 g/mol. The first-order valence-corrected chi connectivity index (χ1v) is 11.3. The first kappa shape index (κ1) is 21.9. The van der Waals surface area contributed by atoms with Crippen LogP contribution in [0.15, 0.2) is 53.7 Å². The number of ketones is 1. The van der Waals surface area contributed by atoms with Gasteiger partial charge in [-0.05, 0) is 62.9 Å². The van der Waals surface area contributed by atoms with Gasteiger partial charge in [-0.15, -0.1) is 0 Å². The summed E-state index contributed by atoms with van der Waals surface area (Å²) < 4.78 is 14.1. The van der Waals surface area contributed by atoms with Crippen LogP contribution >= 0.6 is 0 Å². The van der Waals surface area contributed by atoms with Crippen molar-refractivity contribution in [3.63, 3.8) is 0 Å². The van der Waals surface area contributed by atoms with E-state index in [1.165, 1.54) is 0 Å². The van der Waals surface area contributed by atoms with Crippen molar-refractivity contribution in [3.05, 3.63) is 59.3 Å². The van der Waals surface area contributed by atoms with Gasteiger partial charge >= 0.3 is 0 Å². The molecule has 6 nitrogen and oxygen atoms in total. The third kappa shape index (κ3) is 4.09. The smallest absolute Gasteiger partial charge is 0.209 e. The molecular formula is C26H31N3O3. The molecule has 0 saturated heterocycles. The fourth-order valence-electron chi connectivity index (χ4n) is 4.22. The number of imidazole rings is 1. The molecule has 0 bridgehead atoms. The Morgan fingerprint density at radius 2 is 1.94 bits per heavy atom. The van der Waals surface area contributed by atoms with Crippen LogP contribution in [0.1, 0.15) is 52.6 Å². The second-order valence-corrected chi connectivity index (χ2v) is 8.59. The van der Waals surface area contributed by atoms with E-state index in [1.807, 2.05) is 56.3 Å². The van der Waals surface area contributed by atoms with E-state index in [0.29, 0.717) is 24.9 Å². The number of allylic oxidation sites excluding steroid dienone is 2. The van der Waals surface area contributed by atoms with Crippen molar-refractivity contribution in [2.45, 2.75) is 47.1 Å². The SMILES string of the molecule is CCOc1cc([C@H]2C(C(C)=O)=C(C)Nc3nc4ccccc4n32)ccc1OCCC(C)C. The normalized spacial score (nSPS) is 15.6. The molecule has 2 aromatic carbocycles. The number of fused-ring (bicyclic) bond motifs is 3. The van der Waals surface area contributed by atoms with Crippen molar-refractivity contribution in [1.82, 2.24) is 9.55 Å². The highest BCUT2D eigenvalue weighted by Gasteiger charge is 2.33. The molecule has 1 aromatic heterocycles. The summed E-state index contributed by atoms with van der Waals surface area (Å²) in [5.74, 6) is 2.75. The molecule has 0 amide bonds. The van der Waals surface area contributed by atoms with Gasteiger partial charge in [0.25, 0.3) is 0 Å². The van der Waals surface area contributed by atoms with Gasteiger partial charge in [0.2, 0.25) is 5.95 Å². The predicted molar refractivity (Wildman–Crippen MR) is 127 cm³/mol. The number of carbonyl (C=O) groups excluding carboxylic acids is 1. The molecule has 0 unspecified atom stereocenters. The highest BCUT2D eigenvalue weighted by Crippen LogP contribution is 2.41. The number of Topliss-reactive ketones (excluding diaryl/α,β-unsaturated/α-hetero) is 1. The first-order valence-electron chi connectivity index (χ1n) is 11.3. The molecule has 0 spiro atoms. The maximum atomic E-state index is 12.8. The maximum Gasteiger partial charge on any atom is 0.209 e. The highest BCUT2D eigenvalue weighted by atomic mass is 16.5. The summed E-state index contributed by atoms with van der Waals surface area (Å²) in [6.45, 7) is 11.0. The summed E-state index contributed by atoms with van der Waals surface area (Å²) in [6.07, 6.45) is 0.975. The van der Waals surface area contributed by atoms with Gasteiger partial charge in [-0.2, -0.15) is 0 Å². The fourth-order valence-corrected chi connectivity index (χ4v) is 4.22. The summed E-state index contributed by atoms with van der Waals surface area (Å²) in [6, 6.07) is 13.7. The molecule has 3 aromatic rings. The Hall–Kier alpha value is -3.28. The summed E-state index contributed by atoms with van der Waals surface area (Å²) in [4.78, 5) is 17.5. The molecule has 4 rings (SSSR count). The monoisotopic (exact) mass is 433 g/mol. The first-order chi connectivity index (χ1) is 15.4. The second kappa shape index (κ2) is 9.07. The largest absolute Gasteiger partial charge is 0.490 e. The standard InChI is InChI=1S/C26H31N3O3/c1-6-31-23-15-19(11-12-22(23)32-14-13-16(2)3)25-24(18(5)30)17(4)27-26-28-20-9-7-8-10-21(20)29(25)26/h7-12,15-16,25H,6,13-14H2,1-5H3,(H,27,28)/t25-/m0/s1. The molecular weight excluding hydrogens is 402 g/mol. The zero-order valence-corrected chi connectivity index (χ0v) is 19.4. The van der Waals surface area contributed by atoms with Crippen LogP contribution in [0.25, 0.3) is 11.0 Å². The number of nitrogens with one attached hydrogen (secondary N) is 1. The van der Waals surface area contributed by atoms with E-state index in [0.717, 1.165) is 46.0 Å². The molecule has 1 N–H and O–H groups in total. The molecule has 1 aliphatic rings. The Balaban J connectivity index is 1.83. The van der Waals surface area contributed by atoms with Gasteiger partial charge in [0.05, 0.1) is 30.3 Å². The van der Waals surface area contributed by atoms with Crippen LogP contribution in [-0.2, 0) is 4.79 Å². The van der Waals surface area contributed by atoms with Gasteiger partial charge in [0.1, 0.15) is 0 Å². The molecule has 0 fully saturated rings. The lowest BCUT2D eigenvalue weighted by Gasteiger charge is -2.30. The average Bonchev–Trinajstić information content (AvgIpc) is 3.11. The van der Waals surface area contributed by atoms with Gasteiger partial charge in [-0.25, -0.2) is 4.98 Å². The van der Waals surface area contributed by atoms with Crippen molar-refractivity contribution >= 4 is 22.8 Å². The summed E-state index contributed by atoms with van der Waals surface area (Å²) in [5.41, 5.74) is 4.36. The molecule has 0 radical (unpaired) electrons. The van der Waals surface area contributed by atoms with Crippen molar-refractivity contribution < 1.29 is 14.3 Å². The van der Waals surface area contributed by atoms with E-state index >= 15 is 0 Å². The Bertz CT molecular complexity index is 1180. The van der Waals surface area contributed by atoms with E-state index in [2.05, 4.69) is 23.7 Å². The number of anilines is 1. The maximum absolute atomic E-state index is 12.8. The number of carbonyl (C=O) groups is 1. The zero-order chi connectivity index (χ0) is 22.8. The van der Waals surface area contributed by atoms with E-state index in [4.69, 9.17) is 14.5 Å². The van der Waals surface area contributed by atoms with Gasteiger partial charge in [0.15, 0.2) is 17.3 Å². The van der Waals surface area contributed by atoms with E-state index in [1.54, 1.807) is 6.92 Å². The minimum Gasteiger partial charge on any atom is -0.490 e. The van der Waals surface area contributed by atoms with Gasteiger partial charge in [-0.1, -0.05) is 32.0 Å². The number of para-hydroxylation sites is 2. The highest BCUT2D eigenvalue weighted by molar-refractivity contribution is 5.97. The quantitative estimate of drug-likeness (QED) is 0.491. The van der Waals surface area contributed by atoms with Gasteiger partial charge in [-0.3, -0.25) is 9.36 Å². The topological polar surface area (TPSA) is 65.4 Å². The molecule has 0 aliphatic carbocycles. The summed E-state index contributed by atoms with van der Waals surface area (Å²) in [5, 5.41) is 3.32. The van der Waals surface area contributed by atoms with Crippen molar-refractivity contribution in [2.24, 2.45) is 5.92 Å². The van der Waals surface area contributed by atoms with Crippen LogP contribution in [0.2, 0.25) is 0 Å². The Kier molecular flexibility index (Phi) is 6.21. The third-order valence-electron chi connectivity index (χ3n) is 5.75.